The van der Waals surface area contributed by atoms with Crippen molar-refractivity contribution in [1.29, 1.82) is 0 Å². The highest BCUT2D eigenvalue weighted by Crippen LogP contribution is 2.10. The Morgan fingerprint density at radius 1 is 1.22 bits per heavy atom. The minimum absolute atomic E-state index is 0. The molecule has 0 saturated heterocycles. The number of aliphatic imine (C=N–C) groups is 1. The normalized spacial score (nSPS) is 11.4. The summed E-state index contributed by atoms with van der Waals surface area (Å²) >= 11 is 0. The Kier molecular flexibility index (Phi) is 10.4. The molecule has 0 aliphatic heterocycles. The van der Waals surface area contributed by atoms with E-state index in [0.717, 1.165) is 44.1 Å². The third kappa shape index (κ3) is 7.48. The lowest BCUT2D eigenvalue weighted by Gasteiger charge is -2.22. The highest BCUT2D eigenvalue weighted by molar-refractivity contribution is 14.0. The van der Waals surface area contributed by atoms with Gasteiger partial charge in [0.25, 0.3) is 0 Å². The highest BCUT2D eigenvalue weighted by atomic mass is 127. The molecular formula is C20H32IN5O. The van der Waals surface area contributed by atoms with Gasteiger partial charge in [0.2, 0.25) is 5.89 Å². The van der Waals surface area contributed by atoms with Gasteiger partial charge in [-0.15, -0.1) is 24.0 Å². The standard InChI is InChI=1S/C20H31N5O.HI/c1-6-16-9-11-17(12-10-16)14-25(5)20(21-4)22-13-7-8-18-23-19(15(2)3)24-26-18;/h9-12,15H,6-8,13-14H2,1-5H3,(H,21,22);1H. The van der Waals surface area contributed by atoms with Crippen molar-refractivity contribution < 1.29 is 4.52 Å². The van der Waals surface area contributed by atoms with Crippen LogP contribution in [0.2, 0.25) is 0 Å². The summed E-state index contributed by atoms with van der Waals surface area (Å²) in [6.45, 7) is 7.93. The maximum absolute atomic E-state index is 5.28. The van der Waals surface area contributed by atoms with Gasteiger partial charge >= 0.3 is 0 Å². The molecule has 1 aromatic heterocycles. The maximum atomic E-state index is 5.28. The number of benzene rings is 1. The van der Waals surface area contributed by atoms with E-state index in [-0.39, 0.29) is 24.0 Å². The first kappa shape index (κ1) is 23.4. The van der Waals surface area contributed by atoms with Crippen molar-refractivity contribution in [3.05, 3.63) is 47.1 Å². The van der Waals surface area contributed by atoms with Crippen LogP contribution in [0.1, 0.15) is 56.0 Å². The molecule has 1 N–H and O–H groups in total. The molecule has 0 bridgehead atoms. The van der Waals surface area contributed by atoms with Gasteiger partial charge in [-0.1, -0.05) is 50.2 Å². The SMILES string of the molecule is CCc1ccc(CN(C)C(=NC)NCCCc2nc(C(C)C)no2)cc1.I. The second-order valence-electron chi connectivity index (χ2n) is 6.80. The van der Waals surface area contributed by atoms with E-state index >= 15 is 0 Å². The second-order valence-corrected chi connectivity index (χ2v) is 6.80. The van der Waals surface area contributed by atoms with E-state index in [9.17, 15) is 0 Å². The van der Waals surface area contributed by atoms with Crippen molar-refractivity contribution in [1.82, 2.24) is 20.4 Å². The zero-order valence-electron chi connectivity index (χ0n) is 17.0. The summed E-state index contributed by atoms with van der Waals surface area (Å²) in [4.78, 5) is 10.9. The van der Waals surface area contributed by atoms with Gasteiger partial charge < -0.3 is 14.7 Å². The average molecular weight is 485 g/mol. The van der Waals surface area contributed by atoms with Crippen molar-refractivity contribution in [2.45, 2.75) is 52.5 Å². The number of halogens is 1. The van der Waals surface area contributed by atoms with Crippen LogP contribution in [0.5, 0.6) is 0 Å². The third-order valence-electron chi connectivity index (χ3n) is 4.28. The van der Waals surface area contributed by atoms with Crippen molar-refractivity contribution >= 4 is 29.9 Å². The van der Waals surface area contributed by atoms with Gasteiger partial charge in [0, 0.05) is 39.5 Å². The minimum atomic E-state index is 0. The predicted octanol–water partition coefficient (Wildman–Crippen LogP) is 4.01. The first-order chi connectivity index (χ1) is 12.5. The van der Waals surface area contributed by atoms with Gasteiger partial charge in [0.05, 0.1) is 0 Å². The van der Waals surface area contributed by atoms with E-state index < -0.39 is 0 Å². The van der Waals surface area contributed by atoms with Gasteiger partial charge in [-0.25, -0.2) is 0 Å². The number of hydrogen-bond donors (Lipinski definition) is 1. The summed E-state index contributed by atoms with van der Waals surface area (Å²) in [7, 11) is 3.86. The first-order valence-electron chi connectivity index (χ1n) is 9.35. The number of guanidine groups is 1. The van der Waals surface area contributed by atoms with Crippen LogP contribution in [-0.2, 0) is 19.4 Å². The van der Waals surface area contributed by atoms with Crippen LogP contribution in [0, 0.1) is 0 Å². The van der Waals surface area contributed by atoms with Gasteiger partial charge in [-0.2, -0.15) is 4.98 Å². The molecule has 0 fully saturated rings. The van der Waals surface area contributed by atoms with Crippen molar-refractivity contribution in [3.8, 4) is 0 Å². The van der Waals surface area contributed by atoms with E-state index in [1.165, 1.54) is 11.1 Å². The van der Waals surface area contributed by atoms with Crippen molar-refractivity contribution in [3.63, 3.8) is 0 Å². The Hall–Kier alpha value is -1.64. The smallest absolute Gasteiger partial charge is 0.226 e. The summed E-state index contributed by atoms with van der Waals surface area (Å²) in [5.41, 5.74) is 2.64. The van der Waals surface area contributed by atoms with E-state index in [1.54, 1.807) is 0 Å². The lowest BCUT2D eigenvalue weighted by atomic mass is 10.1. The maximum Gasteiger partial charge on any atom is 0.226 e. The summed E-state index contributed by atoms with van der Waals surface area (Å²) in [5, 5.41) is 7.39. The van der Waals surface area contributed by atoms with E-state index in [4.69, 9.17) is 4.52 Å². The monoisotopic (exact) mass is 485 g/mol. The Morgan fingerprint density at radius 3 is 2.44 bits per heavy atom. The largest absolute Gasteiger partial charge is 0.356 e. The zero-order chi connectivity index (χ0) is 18.9. The topological polar surface area (TPSA) is 66.5 Å². The number of rotatable bonds is 8. The average Bonchev–Trinajstić information content (AvgIpc) is 3.11. The third-order valence-corrected chi connectivity index (χ3v) is 4.28. The second kappa shape index (κ2) is 11.9. The molecule has 0 saturated carbocycles. The molecule has 7 heteroatoms. The molecule has 0 radical (unpaired) electrons. The number of aromatic nitrogens is 2. The number of nitrogens with zero attached hydrogens (tertiary/aromatic N) is 4. The van der Waals surface area contributed by atoms with Gasteiger partial charge in [-0.3, -0.25) is 4.99 Å². The van der Waals surface area contributed by atoms with Crippen LogP contribution in [0.15, 0.2) is 33.8 Å². The summed E-state index contributed by atoms with van der Waals surface area (Å²) in [5.74, 6) is 2.66. The summed E-state index contributed by atoms with van der Waals surface area (Å²) in [6.07, 6.45) is 2.75. The fraction of sp³-hybridized carbons (Fsp3) is 0.550. The molecule has 1 aromatic carbocycles. The molecule has 0 atom stereocenters. The van der Waals surface area contributed by atoms with E-state index in [0.29, 0.717) is 11.8 Å². The van der Waals surface area contributed by atoms with Crippen LogP contribution >= 0.6 is 24.0 Å². The quantitative estimate of drug-likeness (QED) is 0.265. The predicted molar refractivity (Wildman–Crippen MR) is 121 cm³/mol. The van der Waals surface area contributed by atoms with Crippen LogP contribution in [0.3, 0.4) is 0 Å². The lowest BCUT2D eigenvalue weighted by Crippen LogP contribution is -2.39. The minimum Gasteiger partial charge on any atom is -0.356 e. The molecule has 0 aliphatic carbocycles. The van der Waals surface area contributed by atoms with Crippen LogP contribution in [0.4, 0.5) is 0 Å². The zero-order valence-corrected chi connectivity index (χ0v) is 19.4. The Balaban J connectivity index is 0.00000364. The molecule has 0 spiro atoms. The molecule has 6 nitrogen and oxygen atoms in total. The van der Waals surface area contributed by atoms with Gasteiger partial charge in [-0.05, 0) is 24.0 Å². The van der Waals surface area contributed by atoms with Crippen LogP contribution in [-0.4, -0.2) is 41.6 Å². The molecule has 0 amide bonds. The van der Waals surface area contributed by atoms with Gasteiger partial charge in [0.15, 0.2) is 11.8 Å². The molecule has 0 aliphatic rings. The fourth-order valence-corrected chi connectivity index (χ4v) is 2.66. The number of hydrogen-bond acceptors (Lipinski definition) is 4. The van der Waals surface area contributed by atoms with Crippen LogP contribution < -0.4 is 5.32 Å². The molecule has 0 unspecified atom stereocenters. The summed E-state index contributed by atoms with van der Waals surface area (Å²) < 4.78 is 5.28. The van der Waals surface area contributed by atoms with Crippen LogP contribution in [0.25, 0.3) is 0 Å². The number of aryl methyl sites for hydroxylation is 2. The molecule has 2 rings (SSSR count). The Morgan fingerprint density at radius 2 is 1.89 bits per heavy atom. The van der Waals surface area contributed by atoms with Crippen molar-refractivity contribution in [2.24, 2.45) is 4.99 Å². The van der Waals surface area contributed by atoms with Gasteiger partial charge in [0.1, 0.15) is 0 Å². The van der Waals surface area contributed by atoms with Crippen molar-refractivity contribution in [2.75, 3.05) is 20.6 Å². The summed E-state index contributed by atoms with van der Waals surface area (Å²) in [6, 6.07) is 8.75. The molecular weight excluding hydrogens is 453 g/mol. The van der Waals surface area contributed by atoms with E-state index in [1.807, 2.05) is 7.05 Å². The van der Waals surface area contributed by atoms with E-state index in [2.05, 4.69) is 77.4 Å². The molecule has 2 aromatic rings. The molecule has 150 valence electrons. The molecule has 27 heavy (non-hydrogen) atoms. The first-order valence-corrected chi connectivity index (χ1v) is 9.35. The fourth-order valence-electron chi connectivity index (χ4n) is 2.66. The number of nitrogens with one attached hydrogen (secondary N) is 1. The highest BCUT2D eigenvalue weighted by Gasteiger charge is 2.10. The Labute approximate surface area is 179 Å². The Bertz CT molecular complexity index is 697. The lowest BCUT2D eigenvalue weighted by molar-refractivity contribution is 0.368. The molecule has 1 heterocycles.